The van der Waals surface area contributed by atoms with Gasteiger partial charge >= 0.3 is 0 Å². The van der Waals surface area contributed by atoms with Crippen LogP contribution in [0.25, 0.3) is 5.65 Å². The summed E-state index contributed by atoms with van der Waals surface area (Å²) in [6.07, 6.45) is 6.16. The predicted octanol–water partition coefficient (Wildman–Crippen LogP) is 2.96. The van der Waals surface area contributed by atoms with Crippen molar-refractivity contribution in [3.8, 4) is 0 Å². The average Bonchev–Trinajstić information content (AvgIpc) is 2.46. The smallest absolute Gasteiger partial charge is 0.138 e. The van der Waals surface area contributed by atoms with Gasteiger partial charge in [0.05, 0.1) is 5.69 Å². The van der Waals surface area contributed by atoms with Gasteiger partial charge in [-0.3, -0.25) is 0 Å². The molecule has 13 heavy (non-hydrogen) atoms. The van der Waals surface area contributed by atoms with Crippen LogP contribution in [0.3, 0.4) is 0 Å². The van der Waals surface area contributed by atoms with Gasteiger partial charge in [-0.2, -0.15) is 11.8 Å². The maximum absolute atomic E-state index is 4.48. The monoisotopic (exact) mass is 256 g/mol. The van der Waals surface area contributed by atoms with Crippen molar-refractivity contribution in [1.82, 2.24) is 9.38 Å². The Morgan fingerprint density at radius 2 is 2.46 bits per heavy atom. The van der Waals surface area contributed by atoms with Crippen molar-refractivity contribution in [1.29, 1.82) is 0 Å². The molecule has 0 atom stereocenters. The van der Waals surface area contributed by atoms with Gasteiger partial charge < -0.3 is 4.40 Å². The van der Waals surface area contributed by atoms with E-state index in [1.165, 1.54) is 0 Å². The second-order valence-electron chi connectivity index (χ2n) is 2.78. The molecule has 2 rings (SSSR count). The van der Waals surface area contributed by atoms with Crippen LogP contribution in [-0.2, 0) is 5.75 Å². The van der Waals surface area contributed by atoms with Gasteiger partial charge in [0.15, 0.2) is 0 Å². The van der Waals surface area contributed by atoms with E-state index in [0.29, 0.717) is 0 Å². The standard InChI is InChI=1S/C9H9BrN2S/c1-13-6-8-5-12-3-2-7(10)4-9(12)11-8/h2-5H,6H2,1H3. The molecule has 0 unspecified atom stereocenters. The lowest BCUT2D eigenvalue weighted by molar-refractivity contribution is 1.18. The van der Waals surface area contributed by atoms with E-state index in [9.17, 15) is 0 Å². The molecule has 2 aromatic heterocycles. The van der Waals surface area contributed by atoms with Crippen LogP contribution in [-0.4, -0.2) is 15.6 Å². The summed E-state index contributed by atoms with van der Waals surface area (Å²) >= 11 is 5.21. The fraction of sp³-hybridized carbons (Fsp3) is 0.222. The third kappa shape index (κ3) is 1.89. The first-order chi connectivity index (χ1) is 6.29. The molecule has 0 aliphatic rings. The van der Waals surface area contributed by atoms with Crippen LogP contribution in [0.4, 0.5) is 0 Å². The van der Waals surface area contributed by atoms with Gasteiger partial charge in [0.25, 0.3) is 0 Å². The lowest BCUT2D eigenvalue weighted by Gasteiger charge is -1.91. The van der Waals surface area contributed by atoms with Gasteiger partial charge in [0.1, 0.15) is 5.65 Å². The number of hydrogen-bond donors (Lipinski definition) is 0. The summed E-state index contributed by atoms with van der Waals surface area (Å²) in [6.45, 7) is 0. The third-order valence-corrected chi connectivity index (χ3v) is 2.84. The summed E-state index contributed by atoms with van der Waals surface area (Å²) in [7, 11) is 0. The van der Waals surface area contributed by atoms with Crippen molar-refractivity contribution in [2.45, 2.75) is 5.75 Å². The number of halogens is 1. The zero-order chi connectivity index (χ0) is 9.26. The summed E-state index contributed by atoms with van der Waals surface area (Å²) in [4.78, 5) is 4.48. The molecule has 0 aliphatic carbocycles. The highest BCUT2D eigenvalue weighted by molar-refractivity contribution is 9.10. The van der Waals surface area contributed by atoms with E-state index in [-0.39, 0.29) is 0 Å². The molecule has 0 radical (unpaired) electrons. The Morgan fingerprint density at radius 1 is 1.62 bits per heavy atom. The lowest BCUT2D eigenvalue weighted by atomic mass is 10.5. The van der Waals surface area contributed by atoms with Crippen LogP contribution >= 0.6 is 27.7 Å². The van der Waals surface area contributed by atoms with E-state index >= 15 is 0 Å². The van der Waals surface area contributed by atoms with Gasteiger partial charge in [0, 0.05) is 22.6 Å². The summed E-state index contributed by atoms with van der Waals surface area (Å²) < 4.78 is 3.11. The molecule has 0 bridgehead atoms. The Bertz CT molecular complexity index is 424. The van der Waals surface area contributed by atoms with E-state index in [2.05, 4.69) is 33.4 Å². The Hall–Kier alpha value is -0.480. The molecule has 0 N–H and O–H groups in total. The fourth-order valence-electron chi connectivity index (χ4n) is 1.23. The van der Waals surface area contributed by atoms with Crippen LogP contribution in [0.15, 0.2) is 29.0 Å². The molecular weight excluding hydrogens is 248 g/mol. The number of nitrogens with zero attached hydrogens (tertiary/aromatic N) is 2. The number of thioether (sulfide) groups is 1. The lowest BCUT2D eigenvalue weighted by Crippen LogP contribution is -1.79. The molecule has 0 saturated heterocycles. The second-order valence-corrected chi connectivity index (χ2v) is 4.56. The van der Waals surface area contributed by atoms with Crippen LogP contribution < -0.4 is 0 Å². The summed E-state index contributed by atoms with van der Waals surface area (Å²) in [5, 5.41) is 0. The zero-order valence-electron chi connectivity index (χ0n) is 7.20. The predicted molar refractivity (Wildman–Crippen MR) is 60.1 cm³/mol. The molecule has 0 aliphatic heterocycles. The van der Waals surface area contributed by atoms with Crippen LogP contribution in [0.2, 0.25) is 0 Å². The zero-order valence-corrected chi connectivity index (χ0v) is 9.60. The second kappa shape index (κ2) is 3.72. The van der Waals surface area contributed by atoms with Crippen molar-refractivity contribution in [3.63, 3.8) is 0 Å². The maximum Gasteiger partial charge on any atom is 0.138 e. The van der Waals surface area contributed by atoms with Gasteiger partial charge in [0.2, 0.25) is 0 Å². The molecule has 68 valence electrons. The Balaban J connectivity index is 2.49. The van der Waals surface area contributed by atoms with Gasteiger partial charge in [-0.1, -0.05) is 15.9 Å². The number of imidazole rings is 1. The number of hydrogen-bond acceptors (Lipinski definition) is 2. The molecule has 0 spiro atoms. The van der Waals surface area contributed by atoms with E-state index in [0.717, 1.165) is 21.6 Å². The van der Waals surface area contributed by atoms with Crippen molar-refractivity contribution in [2.75, 3.05) is 6.26 Å². The van der Waals surface area contributed by atoms with Crippen molar-refractivity contribution < 1.29 is 0 Å². The molecule has 2 nitrogen and oxygen atoms in total. The first kappa shape index (κ1) is 9.09. The van der Waals surface area contributed by atoms with E-state index < -0.39 is 0 Å². The average molecular weight is 257 g/mol. The molecule has 4 heteroatoms. The highest BCUT2D eigenvalue weighted by Crippen LogP contribution is 2.15. The number of fused-ring (bicyclic) bond motifs is 1. The minimum absolute atomic E-state index is 0.972. The fourth-order valence-corrected chi connectivity index (χ4v) is 1.98. The number of pyridine rings is 1. The van der Waals surface area contributed by atoms with Crippen LogP contribution in [0.5, 0.6) is 0 Å². The summed E-state index contributed by atoms with van der Waals surface area (Å²) in [6, 6.07) is 4.03. The van der Waals surface area contributed by atoms with Crippen LogP contribution in [0, 0.1) is 0 Å². The molecule has 0 aromatic carbocycles. The Kier molecular flexibility index (Phi) is 2.60. The van der Waals surface area contributed by atoms with Gasteiger partial charge in [-0.25, -0.2) is 4.98 Å². The first-order valence-corrected chi connectivity index (χ1v) is 6.10. The molecular formula is C9H9BrN2S. The van der Waals surface area contributed by atoms with Crippen molar-refractivity contribution >= 4 is 33.3 Å². The normalized spacial score (nSPS) is 10.9. The maximum atomic E-state index is 4.48. The molecule has 0 amide bonds. The molecule has 2 heterocycles. The first-order valence-electron chi connectivity index (χ1n) is 3.91. The highest BCUT2D eigenvalue weighted by Gasteiger charge is 2.00. The van der Waals surface area contributed by atoms with Crippen LogP contribution in [0.1, 0.15) is 5.69 Å². The van der Waals surface area contributed by atoms with Gasteiger partial charge in [-0.15, -0.1) is 0 Å². The number of rotatable bonds is 2. The van der Waals surface area contributed by atoms with Gasteiger partial charge in [-0.05, 0) is 18.4 Å². The highest BCUT2D eigenvalue weighted by atomic mass is 79.9. The Morgan fingerprint density at radius 3 is 3.23 bits per heavy atom. The summed E-state index contributed by atoms with van der Waals surface area (Å²) in [5.41, 5.74) is 2.13. The molecule has 0 saturated carbocycles. The minimum Gasteiger partial charge on any atom is -0.307 e. The minimum atomic E-state index is 0.972. The van der Waals surface area contributed by atoms with Crippen molar-refractivity contribution in [2.24, 2.45) is 0 Å². The number of aromatic nitrogens is 2. The molecule has 2 aromatic rings. The SMILES string of the molecule is CSCc1cn2ccc(Br)cc2n1. The third-order valence-electron chi connectivity index (χ3n) is 1.76. The Labute approximate surface area is 89.5 Å². The largest absolute Gasteiger partial charge is 0.307 e. The van der Waals surface area contributed by atoms with E-state index in [4.69, 9.17) is 0 Å². The molecule has 0 fully saturated rings. The summed E-state index contributed by atoms with van der Waals surface area (Å²) in [5.74, 6) is 0.972. The van der Waals surface area contributed by atoms with E-state index in [1.807, 2.05) is 22.7 Å². The van der Waals surface area contributed by atoms with Crippen molar-refractivity contribution in [3.05, 3.63) is 34.7 Å². The topological polar surface area (TPSA) is 17.3 Å². The van der Waals surface area contributed by atoms with E-state index in [1.54, 1.807) is 11.8 Å². The quantitative estimate of drug-likeness (QED) is 0.822.